The second kappa shape index (κ2) is 5.56. The van der Waals surface area contributed by atoms with Gasteiger partial charge in [0.15, 0.2) is 5.82 Å². The van der Waals surface area contributed by atoms with Crippen molar-refractivity contribution in [1.82, 2.24) is 9.55 Å². The number of aromatic nitrogens is 2. The summed E-state index contributed by atoms with van der Waals surface area (Å²) in [5, 5.41) is 2.02. The zero-order valence-corrected chi connectivity index (χ0v) is 11.6. The molecule has 0 aliphatic heterocycles. The van der Waals surface area contributed by atoms with E-state index >= 15 is 0 Å². The number of hydrogen-bond acceptors (Lipinski definition) is 3. The van der Waals surface area contributed by atoms with Crippen LogP contribution in [0.25, 0.3) is 10.7 Å². The Morgan fingerprint density at radius 1 is 1.25 bits per heavy atom. The standard InChI is InChI=1S/C15H14FN3S/c16-12-5-3-11(4-6-12)13(10-17)19-8-7-18-15(19)14-2-1-9-20-14/h1-9,13H,10,17H2. The van der Waals surface area contributed by atoms with E-state index in [1.54, 1.807) is 29.7 Å². The quantitative estimate of drug-likeness (QED) is 0.800. The second-order valence-corrected chi connectivity index (χ2v) is 5.39. The van der Waals surface area contributed by atoms with Crippen molar-refractivity contribution in [2.75, 3.05) is 6.54 Å². The van der Waals surface area contributed by atoms with Gasteiger partial charge >= 0.3 is 0 Å². The van der Waals surface area contributed by atoms with Gasteiger partial charge in [0, 0.05) is 18.9 Å². The van der Waals surface area contributed by atoms with E-state index in [0.29, 0.717) is 6.54 Å². The summed E-state index contributed by atoms with van der Waals surface area (Å²) in [6.45, 7) is 0.431. The summed E-state index contributed by atoms with van der Waals surface area (Å²) in [5.74, 6) is 0.647. The minimum Gasteiger partial charge on any atom is -0.328 e. The van der Waals surface area contributed by atoms with Crippen LogP contribution >= 0.6 is 11.3 Å². The SMILES string of the molecule is NCC(c1ccc(F)cc1)n1ccnc1-c1cccs1. The van der Waals surface area contributed by atoms with Crippen LogP contribution in [0.4, 0.5) is 4.39 Å². The molecule has 0 radical (unpaired) electrons. The van der Waals surface area contributed by atoms with Crippen molar-refractivity contribution < 1.29 is 4.39 Å². The first-order valence-electron chi connectivity index (χ1n) is 6.32. The fourth-order valence-electron chi connectivity index (χ4n) is 2.26. The Bertz CT molecular complexity index is 673. The van der Waals surface area contributed by atoms with Gasteiger partial charge in [0.2, 0.25) is 0 Å². The molecule has 102 valence electrons. The Morgan fingerprint density at radius 2 is 2.05 bits per heavy atom. The molecule has 0 bridgehead atoms. The summed E-state index contributed by atoms with van der Waals surface area (Å²) >= 11 is 1.64. The van der Waals surface area contributed by atoms with Gasteiger partial charge in [-0.2, -0.15) is 0 Å². The zero-order chi connectivity index (χ0) is 13.9. The number of benzene rings is 1. The Kier molecular flexibility index (Phi) is 3.62. The van der Waals surface area contributed by atoms with Crippen LogP contribution in [0.3, 0.4) is 0 Å². The van der Waals surface area contributed by atoms with Crippen molar-refractivity contribution in [2.45, 2.75) is 6.04 Å². The smallest absolute Gasteiger partial charge is 0.150 e. The molecule has 2 aromatic heterocycles. The van der Waals surface area contributed by atoms with E-state index in [-0.39, 0.29) is 11.9 Å². The Morgan fingerprint density at radius 3 is 2.70 bits per heavy atom. The Labute approximate surface area is 120 Å². The molecule has 0 aliphatic carbocycles. The van der Waals surface area contributed by atoms with E-state index in [0.717, 1.165) is 16.3 Å². The minimum absolute atomic E-state index is 0.0461. The molecule has 5 heteroatoms. The second-order valence-electron chi connectivity index (χ2n) is 4.44. The number of thiophene rings is 1. The van der Waals surface area contributed by atoms with Crippen LogP contribution < -0.4 is 5.73 Å². The lowest BCUT2D eigenvalue weighted by Gasteiger charge is -2.19. The lowest BCUT2D eigenvalue weighted by atomic mass is 10.1. The molecule has 20 heavy (non-hydrogen) atoms. The normalized spacial score (nSPS) is 12.5. The fraction of sp³-hybridized carbons (Fsp3) is 0.133. The zero-order valence-electron chi connectivity index (χ0n) is 10.7. The van der Waals surface area contributed by atoms with Crippen molar-refractivity contribution >= 4 is 11.3 Å². The molecule has 3 aromatic rings. The third-order valence-corrected chi connectivity index (χ3v) is 4.09. The van der Waals surface area contributed by atoms with Crippen molar-refractivity contribution in [2.24, 2.45) is 5.73 Å². The molecule has 1 aromatic carbocycles. The highest BCUT2D eigenvalue weighted by Crippen LogP contribution is 2.28. The van der Waals surface area contributed by atoms with Crippen molar-refractivity contribution in [3.8, 4) is 10.7 Å². The highest BCUT2D eigenvalue weighted by Gasteiger charge is 2.17. The van der Waals surface area contributed by atoms with Crippen LogP contribution in [0.5, 0.6) is 0 Å². The van der Waals surface area contributed by atoms with E-state index in [1.165, 1.54) is 12.1 Å². The van der Waals surface area contributed by atoms with Crippen molar-refractivity contribution in [1.29, 1.82) is 0 Å². The van der Waals surface area contributed by atoms with Gasteiger partial charge in [-0.05, 0) is 29.1 Å². The summed E-state index contributed by atoms with van der Waals surface area (Å²) in [6, 6.07) is 10.4. The number of nitrogens with zero attached hydrogens (tertiary/aromatic N) is 2. The molecule has 3 nitrogen and oxygen atoms in total. The van der Waals surface area contributed by atoms with Crippen LogP contribution in [0.1, 0.15) is 11.6 Å². The summed E-state index contributed by atoms with van der Waals surface area (Å²) in [4.78, 5) is 5.51. The van der Waals surface area contributed by atoms with Gasteiger partial charge in [-0.1, -0.05) is 18.2 Å². The summed E-state index contributed by atoms with van der Waals surface area (Å²) in [7, 11) is 0. The molecule has 0 saturated heterocycles. The molecule has 0 aliphatic rings. The Hall–Kier alpha value is -1.98. The topological polar surface area (TPSA) is 43.8 Å². The third-order valence-electron chi connectivity index (χ3n) is 3.22. The molecule has 2 heterocycles. The first-order chi connectivity index (χ1) is 9.79. The highest BCUT2D eigenvalue weighted by molar-refractivity contribution is 7.13. The molecule has 3 rings (SSSR count). The van der Waals surface area contributed by atoms with E-state index in [2.05, 4.69) is 4.98 Å². The van der Waals surface area contributed by atoms with Gasteiger partial charge in [-0.3, -0.25) is 0 Å². The number of rotatable bonds is 4. The fourth-order valence-corrected chi connectivity index (χ4v) is 2.98. The predicted molar refractivity (Wildman–Crippen MR) is 79.1 cm³/mol. The minimum atomic E-state index is -0.242. The maximum absolute atomic E-state index is 13.1. The van der Waals surface area contributed by atoms with E-state index in [1.807, 2.05) is 28.3 Å². The lowest BCUT2D eigenvalue weighted by molar-refractivity contribution is 0.593. The molecule has 2 N–H and O–H groups in total. The number of hydrogen-bond donors (Lipinski definition) is 1. The monoisotopic (exact) mass is 287 g/mol. The first kappa shape index (κ1) is 13.0. The first-order valence-corrected chi connectivity index (χ1v) is 7.20. The summed E-state index contributed by atoms with van der Waals surface area (Å²) < 4.78 is 15.1. The van der Waals surface area contributed by atoms with E-state index in [4.69, 9.17) is 5.73 Å². The van der Waals surface area contributed by atoms with Gasteiger partial charge < -0.3 is 10.3 Å². The summed E-state index contributed by atoms with van der Waals surface area (Å²) in [5.41, 5.74) is 6.89. The molecular formula is C15H14FN3S. The van der Waals surface area contributed by atoms with E-state index < -0.39 is 0 Å². The van der Waals surface area contributed by atoms with Crippen LogP contribution in [0.2, 0.25) is 0 Å². The van der Waals surface area contributed by atoms with Crippen LogP contribution in [0.15, 0.2) is 54.2 Å². The number of halogens is 1. The van der Waals surface area contributed by atoms with Crippen LogP contribution in [-0.2, 0) is 0 Å². The van der Waals surface area contributed by atoms with E-state index in [9.17, 15) is 4.39 Å². The highest BCUT2D eigenvalue weighted by atomic mass is 32.1. The maximum atomic E-state index is 13.1. The average Bonchev–Trinajstić information content (AvgIpc) is 3.12. The van der Waals surface area contributed by atoms with Crippen molar-refractivity contribution in [3.05, 3.63) is 65.6 Å². The average molecular weight is 287 g/mol. The van der Waals surface area contributed by atoms with Gasteiger partial charge in [0.1, 0.15) is 5.82 Å². The molecule has 0 amide bonds. The number of nitrogens with two attached hydrogens (primary N) is 1. The van der Waals surface area contributed by atoms with Crippen LogP contribution in [-0.4, -0.2) is 16.1 Å². The van der Waals surface area contributed by atoms with Gasteiger partial charge in [-0.15, -0.1) is 11.3 Å². The number of imidazole rings is 1. The largest absolute Gasteiger partial charge is 0.328 e. The molecular weight excluding hydrogens is 273 g/mol. The molecule has 1 atom stereocenters. The van der Waals surface area contributed by atoms with Gasteiger partial charge in [-0.25, -0.2) is 9.37 Å². The third kappa shape index (κ3) is 2.37. The molecule has 0 fully saturated rings. The lowest BCUT2D eigenvalue weighted by Crippen LogP contribution is -2.20. The molecule has 0 spiro atoms. The molecule has 1 unspecified atom stereocenters. The van der Waals surface area contributed by atoms with Crippen molar-refractivity contribution in [3.63, 3.8) is 0 Å². The van der Waals surface area contributed by atoms with Crippen LogP contribution in [0, 0.1) is 5.82 Å². The summed E-state index contributed by atoms with van der Waals surface area (Å²) in [6.07, 6.45) is 3.68. The van der Waals surface area contributed by atoms with Gasteiger partial charge in [0.25, 0.3) is 0 Å². The maximum Gasteiger partial charge on any atom is 0.150 e. The molecule has 0 saturated carbocycles. The Balaban J connectivity index is 2.02. The predicted octanol–water partition coefficient (Wildman–Crippen LogP) is 3.30. The van der Waals surface area contributed by atoms with Gasteiger partial charge in [0.05, 0.1) is 10.9 Å².